The summed E-state index contributed by atoms with van der Waals surface area (Å²) in [6.07, 6.45) is -6.04. The van der Waals surface area contributed by atoms with Gasteiger partial charge in [-0.1, -0.05) is 0 Å². The molecule has 1 N–H and O–H groups in total. The van der Waals surface area contributed by atoms with E-state index in [1.54, 1.807) is 0 Å². The maximum atomic E-state index is 7.81. The zero-order chi connectivity index (χ0) is 14.0. The molecule has 0 unspecified atom stereocenters. The topological polar surface area (TPSA) is 30.5 Å². The van der Waals surface area contributed by atoms with Crippen LogP contribution >= 0.6 is 0 Å². The highest BCUT2D eigenvalue weighted by Crippen LogP contribution is 2.25. The van der Waals surface area contributed by atoms with E-state index < -0.39 is 31.5 Å². The first kappa shape index (κ1) is 2.19. The van der Waals surface area contributed by atoms with Crippen molar-refractivity contribution in [3.63, 3.8) is 0 Å². The van der Waals surface area contributed by atoms with Gasteiger partial charge in [0.1, 0.15) is 0 Å². The molecule has 3 heteroatoms. The van der Waals surface area contributed by atoms with Crippen molar-refractivity contribution in [1.82, 2.24) is 5.32 Å². The molecule has 2 fully saturated rings. The minimum atomic E-state index is -3.03. The zero-order valence-electron chi connectivity index (χ0n) is 13.2. The van der Waals surface area contributed by atoms with Gasteiger partial charge in [0.25, 0.3) is 0 Å². The maximum Gasteiger partial charge on any atom is 0.180 e. The number of rotatable bonds is 0. The third kappa shape index (κ3) is 1.05. The Morgan fingerprint density at radius 2 is 2.20 bits per heavy atom. The lowest BCUT2D eigenvalue weighted by Gasteiger charge is -2.31. The minimum Gasteiger partial charge on any atom is -0.346 e. The molecule has 0 aromatic heterocycles. The van der Waals surface area contributed by atoms with E-state index in [1.807, 2.05) is 5.32 Å². The van der Waals surface area contributed by atoms with Crippen LogP contribution in [-0.2, 0) is 9.47 Å². The molecule has 1 spiro atoms. The second-order valence-electron chi connectivity index (χ2n) is 1.94. The standard InChI is InChI=1S/C7H13NO2/c1-2-7(6-8-3-1)9-4-5-10-7/h8H,1-6H2/i1D2,2D2,3D2,6D2. The first-order valence-corrected chi connectivity index (χ1v) is 2.99. The summed E-state index contributed by atoms with van der Waals surface area (Å²) in [6, 6.07) is 0. The molecule has 0 aliphatic carbocycles. The van der Waals surface area contributed by atoms with Crippen LogP contribution in [0.25, 0.3) is 0 Å². The molecule has 2 rings (SSSR count). The fraction of sp³-hybridized carbons (Fsp3) is 1.00. The Bertz CT molecular complexity index is 364. The Kier molecular flexibility index (Phi) is 0.544. The first-order chi connectivity index (χ1) is 7.91. The van der Waals surface area contributed by atoms with E-state index in [1.165, 1.54) is 0 Å². The predicted molar refractivity (Wildman–Crippen MR) is 36.7 cm³/mol. The highest BCUT2D eigenvalue weighted by molar-refractivity contribution is 4.80. The van der Waals surface area contributed by atoms with Crippen molar-refractivity contribution in [3.05, 3.63) is 0 Å². The predicted octanol–water partition coefficient (Wildman–Crippen LogP) is 0.113. The normalized spacial score (nSPS) is 63.2. The van der Waals surface area contributed by atoms with Crippen LogP contribution in [0.3, 0.4) is 0 Å². The van der Waals surface area contributed by atoms with Crippen molar-refractivity contribution in [2.24, 2.45) is 0 Å². The van der Waals surface area contributed by atoms with Crippen molar-refractivity contribution in [2.75, 3.05) is 26.2 Å². The summed E-state index contributed by atoms with van der Waals surface area (Å²) in [5.41, 5.74) is 0. The lowest BCUT2D eigenvalue weighted by Crippen LogP contribution is -2.46. The number of nitrogens with one attached hydrogen (secondary N) is 1. The van der Waals surface area contributed by atoms with Gasteiger partial charge in [-0.2, -0.15) is 0 Å². The van der Waals surface area contributed by atoms with Crippen LogP contribution in [0, 0.1) is 0 Å². The van der Waals surface area contributed by atoms with Gasteiger partial charge in [-0.3, -0.25) is 0 Å². The van der Waals surface area contributed by atoms with Gasteiger partial charge in [0.05, 0.1) is 13.2 Å². The van der Waals surface area contributed by atoms with Crippen LogP contribution in [0.5, 0.6) is 0 Å². The second kappa shape index (κ2) is 2.49. The van der Waals surface area contributed by atoms with Gasteiger partial charge >= 0.3 is 0 Å². The van der Waals surface area contributed by atoms with Crippen LogP contribution < -0.4 is 5.32 Å². The van der Waals surface area contributed by atoms with E-state index in [0.717, 1.165) is 0 Å². The quantitative estimate of drug-likeness (QED) is 0.533. The van der Waals surface area contributed by atoms with E-state index in [9.17, 15) is 0 Å². The molecule has 0 aromatic rings. The molecule has 2 heterocycles. The maximum absolute atomic E-state index is 7.81. The second-order valence-corrected chi connectivity index (χ2v) is 1.94. The van der Waals surface area contributed by atoms with Crippen LogP contribution in [-0.4, -0.2) is 32.0 Å². The van der Waals surface area contributed by atoms with Crippen LogP contribution in [0.15, 0.2) is 0 Å². The number of hydrogen-bond donors (Lipinski definition) is 1. The summed E-state index contributed by atoms with van der Waals surface area (Å²) < 4.78 is 71.3. The fourth-order valence-corrected chi connectivity index (χ4v) is 0.846. The number of hydrogen-bond acceptors (Lipinski definition) is 3. The average Bonchev–Trinajstić information content (AvgIpc) is 2.63. The summed E-state index contributed by atoms with van der Waals surface area (Å²) >= 11 is 0. The van der Waals surface area contributed by atoms with E-state index in [2.05, 4.69) is 0 Å². The molecule has 0 aromatic carbocycles. The van der Waals surface area contributed by atoms with Crippen LogP contribution in [0.1, 0.15) is 23.7 Å². The smallest absolute Gasteiger partial charge is 0.180 e. The van der Waals surface area contributed by atoms with Gasteiger partial charge in [0.2, 0.25) is 0 Å². The van der Waals surface area contributed by atoms with E-state index >= 15 is 0 Å². The molecule has 0 atom stereocenters. The summed E-state index contributed by atoms with van der Waals surface area (Å²) in [7, 11) is 0. The molecule has 2 aliphatic heterocycles. The summed E-state index contributed by atoms with van der Waals surface area (Å²) in [4.78, 5) is 0. The molecule has 10 heavy (non-hydrogen) atoms. The van der Waals surface area contributed by atoms with E-state index in [4.69, 9.17) is 20.4 Å². The first-order valence-electron chi connectivity index (χ1n) is 6.99. The lowest BCUT2D eigenvalue weighted by molar-refractivity contribution is -0.166. The van der Waals surface area contributed by atoms with Crippen molar-refractivity contribution in [1.29, 1.82) is 0 Å². The van der Waals surface area contributed by atoms with Gasteiger partial charge in [0, 0.05) is 23.8 Å². The Labute approximate surface area is 71.9 Å². The molecule has 58 valence electrons. The van der Waals surface area contributed by atoms with Crippen molar-refractivity contribution in [3.8, 4) is 0 Å². The minimum absolute atomic E-state index is 0.0836. The van der Waals surface area contributed by atoms with Gasteiger partial charge in [-0.05, 0) is 12.9 Å². The van der Waals surface area contributed by atoms with Gasteiger partial charge in [-0.25, -0.2) is 0 Å². The summed E-state index contributed by atoms with van der Waals surface area (Å²) in [5.74, 6) is -2.50. The largest absolute Gasteiger partial charge is 0.346 e. The average molecular weight is 151 g/mol. The zero-order valence-corrected chi connectivity index (χ0v) is 5.23. The highest BCUT2D eigenvalue weighted by Gasteiger charge is 2.37. The molecule has 0 saturated carbocycles. The van der Waals surface area contributed by atoms with Crippen LogP contribution in [0.4, 0.5) is 0 Å². The van der Waals surface area contributed by atoms with Crippen molar-refractivity contribution >= 4 is 0 Å². The molecular weight excluding hydrogens is 130 g/mol. The highest BCUT2D eigenvalue weighted by atomic mass is 16.7. The Morgan fingerprint density at radius 3 is 3.00 bits per heavy atom. The van der Waals surface area contributed by atoms with E-state index in [-0.39, 0.29) is 13.2 Å². The molecular formula is C7H13NO2. The molecule has 2 saturated heterocycles. The number of piperidine rings is 1. The molecule has 0 radical (unpaired) electrons. The van der Waals surface area contributed by atoms with E-state index in [0.29, 0.717) is 0 Å². The van der Waals surface area contributed by atoms with Crippen LogP contribution in [0.2, 0.25) is 0 Å². The van der Waals surface area contributed by atoms with Crippen molar-refractivity contribution < 1.29 is 20.4 Å². The monoisotopic (exact) mass is 151 g/mol. The molecule has 2 aliphatic rings. The summed E-state index contributed by atoms with van der Waals surface area (Å²) in [5, 5.41) is 1.81. The Balaban J connectivity index is 2.60. The van der Waals surface area contributed by atoms with Gasteiger partial charge in [-0.15, -0.1) is 0 Å². The third-order valence-electron chi connectivity index (χ3n) is 1.27. The molecule has 0 amide bonds. The molecule has 0 bridgehead atoms. The van der Waals surface area contributed by atoms with Gasteiger partial charge in [0.15, 0.2) is 5.79 Å². The third-order valence-corrected chi connectivity index (χ3v) is 1.27. The van der Waals surface area contributed by atoms with Crippen molar-refractivity contribution in [2.45, 2.75) is 18.5 Å². The summed E-state index contributed by atoms with van der Waals surface area (Å²) in [6.45, 7) is -5.78. The SMILES string of the molecule is [2H]C1([2H])NC([2H])([2H])C2(OCCO2)C([2H])([2H])C1([2H])[2H]. The number of ether oxygens (including phenoxy) is 2. The van der Waals surface area contributed by atoms with Gasteiger partial charge < -0.3 is 14.8 Å². The molecule has 3 nitrogen and oxygen atoms in total. The fourth-order valence-electron chi connectivity index (χ4n) is 0.846. The Hall–Kier alpha value is -0.120. The Morgan fingerprint density at radius 1 is 1.40 bits per heavy atom. The lowest BCUT2D eigenvalue weighted by atomic mass is 10.1.